The van der Waals surface area contributed by atoms with Crippen LogP contribution in [-0.4, -0.2) is 68.7 Å². The van der Waals surface area contributed by atoms with E-state index in [9.17, 15) is 14.7 Å². The summed E-state index contributed by atoms with van der Waals surface area (Å²) >= 11 is 0. The third-order valence-electron chi connectivity index (χ3n) is 8.03. The van der Waals surface area contributed by atoms with Crippen molar-refractivity contribution >= 4 is 28.4 Å². The molecule has 4 aromatic heterocycles. The van der Waals surface area contributed by atoms with E-state index in [0.29, 0.717) is 49.3 Å². The van der Waals surface area contributed by atoms with Crippen LogP contribution in [0.4, 0.5) is 11.5 Å². The van der Waals surface area contributed by atoms with Gasteiger partial charge in [-0.3, -0.25) is 23.8 Å². The Kier molecular flexibility index (Phi) is 6.54. The van der Waals surface area contributed by atoms with Crippen LogP contribution in [0, 0.1) is 5.92 Å². The van der Waals surface area contributed by atoms with Gasteiger partial charge in [0.2, 0.25) is 5.91 Å². The first kappa shape index (κ1) is 26.1. The number of aliphatic hydroxyl groups is 1. The molecule has 0 unspecified atom stereocenters. The highest BCUT2D eigenvalue weighted by Crippen LogP contribution is 2.33. The normalized spacial score (nSPS) is 16.5. The molecule has 1 aromatic carbocycles. The molecule has 5 heterocycles. The second-order valence-corrected chi connectivity index (χ2v) is 11.2. The molecule has 12 nitrogen and oxygen atoms in total. The molecule has 1 aliphatic carbocycles. The number of anilines is 2. The zero-order valence-electron chi connectivity index (χ0n) is 23.0. The molecule has 7 rings (SSSR count). The van der Waals surface area contributed by atoms with Crippen molar-refractivity contribution in [2.75, 3.05) is 18.4 Å². The number of aromatic nitrogens is 7. The lowest BCUT2D eigenvalue weighted by Crippen LogP contribution is -2.50. The minimum absolute atomic E-state index is 0.128. The smallest absolute Gasteiger partial charge is 0.264 e. The summed E-state index contributed by atoms with van der Waals surface area (Å²) in [5.74, 6) is 1.08. The second-order valence-electron chi connectivity index (χ2n) is 11.2. The Bertz CT molecular complexity index is 1780. The number of piperidine rings is 1. The maximum atomic E-state index is 13.3. The topological polar surface area (TPSA) is 136 Å². The molecule has 0 spiro atoms. The van der Waals surface area contributed by atoms with Crippen molar-refractivity contribution in [2.24, 2.45) is 5.92 Å². The Morgan fingerprint density at radius 2 is 1.86 bits per heavy atom. The number of carbonyl (C=O) groups excluding carboxylic acids is 1. The van der Waals surface area contributed by atoms with Crippen LogP contribution in [0.2, 0.25) is 0 Å². The van der Waals surface area contributed by atoms with Gasteiger partial charge < -0.3 is 15.3 Å². The largest absolute Gasteiger partial charge is 0.388 e. The van der Waals surface area contributed by atoms with Gasteiger partial charge >= 0.3 is 0 Å². The van der Waals surface area contributed by atoms with E-state index in [2.05, 4.69) is 25.5 Å². The van der Waals surface area contributed by atoms with Gasteiger partial charge in [-0.1, -0.05) is 6.07 Å². The molecule has 0 atom stereocenters. The number of rotatable bonds is 8. The number of pyridine rings is 1. The van der Waals surface area contributed by atoms with Crippen molar-refractivity contribution in [2.45, 2.75) is 44.4 Å². The van der Waals surface area contributed by atoms with E-state index in [1.165, 1.54) is 17.1 Å². The lowest BCUT2D eigenvalue weighted by molar-refractivity contribution is -0.137. The highest BCUT2D eigenvalue weighted by atomic mass is 16.3. The van der Waals surface area contributed by atoms with Crippen molar-refractivity contribution < 1.29 is 9.90 Å². The Balaban J connectivity index is 1.02. The molecule has 1 saturated carbocycles. The van der Waals surface area contributed by atoms with Crippen molar-refractivity contribution in [1.29, 1.82) is 0 Å². The number of fused-ring (bicyclic) bond motifs is 1. The summed E-state index contributed by atoms with van der Waals surface area (Å²) in [6.45, 7) is 1.73. The molecule has 5 aromatic rings. The van der Waals surface area contributed by atoms with Crippen molar-refractivity contribution in [1.82, 2.24) is 39.0 Å². The average Bonchev–Trinajstić information content (AvgIpc) is 3.62. The maximum Gasteiger partial charge on any atom is 0.264 e. The van der Waals surface area contributed by atoms with Gasteiger partial charge in [-0.05, 0) is 62.1 Å². The minimum Gasteiger partial charge on any atom is -0.388 e. The van der Waals surface area contributed by atoms with E-state index in [-0.39, 0.29) is 23.9 Å². The monoisotopic (exact) mass is 565 g/mol. The van der Waals surface area contributed by atoms with E-state index < -0.39 is 5.60 Å². The fourth-order valence-corrected chi connectivity index (χ4v) is 5.47. The fourth-order valence-electron chi connectivity index (χ4n) is 5.47. The lowest BCUT2D eigenvalue weighted by atomic mass is 9.91. The molecule has 1 amide bonds. The van der Waals surface area contributed by atoms with E-state index in [1.54, 1.807) is 10.9 Å². The Morgan fingerprint density at radius 3 is 2.60 bits per heavy atom. The van der Waals surface area contributed by atoms with Crippen LogP contribution in [0.25, 0.3) is 16.7 Å². The summed E-state index contributed by atoms with van der Waals surface area (Å²) in [6, 6.07) is 15.3. The van der Waals surface area contributed by atoms with Crippen molar-refractivity contribution in [3.8, 4) is 5.69 Å². The first-order valence-corrected chi connectivity index (χ1v) is 14.2. The maximum absolute atomic E-state index is 13.3. The average molecular weight is 566 g/mol. The highest BCUT2D eigenvalue weighted by molar-refractivity contribution is 5.81. The number of nitrogens with zero attached hydrogens (tertiary/aromatic N) is 8. The minimum atomic E-state index is -1.06. The number of carbonyl (C=O) groups is 1. The predicted molar refractivity (Wildman–Crippen MR) is 155 cm³/mol. The van der Waals surface area contributed by atoms with Gasteiger partial charge in [-0.2, -0.15) is 10.2 Å². The first-order valence-electron chi connectivity index (χ1n) is 14.2. The van der Waals surface area contributed by atoms with Gasteiger partial charge in [0.1, 0.15) is 11.7 Å². The first-order chi connectivity index (χ1) is 20.4. The quantitative estimate of drug-likeness (QED) is 0.293. The van der Waals surface area contributed by atoms with Crippen LogP contribution >= 0.6 is 0 Å². The SMILES string of the molecule is O=C(C1CC1)N1CCC(O)(Cn2cnc3c(cnn3-c3ccc(Nc4ccn(Cc5ccccn5)n4)cc3)c2=O)CC1. The number of hydrogen-bond donors (Lipinski definition) is 2. The summed E-state index contributed by atoms with van der Waals surface area (Å²) < 4.78 is 4.90. The third kappa shape index (κ3) is 5.28. The molecule has 214 valence electrons. The Labute approximate surface area is 241 Å². The molecule has 1 saturated heterocycles. The van der Waals surface area contributed by atoms with Crippen LogP contribution in [0.1, 0.15) is 31.4 Å². The number of amides is 1. The molecular weight excluding hydrogens is 534 g/mol. The van der Waals surface area contributed by atoms with Crippen LogP contribution in [0.15, 0.2) is 78.2 Å². The third-order valence-corrected chi connectivity index (χ3v) is 8.03. The van der Waals surface area contributed by atoms with Gasteiger partial charge in [0.25, 0.3) is 5.56 Å². The van der Waals surface area contributed by atoms with Crippen LogP contribution in [-0.2, 0) is 17.9 Å². The van der Waals surface area contributed by atoms with Crippen molar-refractivity contribution in [3.05, 3.63) is 89.5 Å². The van der Waals surface area contributed by atoms with Gasteiger partial charge in [0.05, 0.1) is 36.3 Å². The van der Waals surface area contributed by atoms with Crippen molar-refractivity contribution in [3.63, 3.8) is 0 Å². The van der Waals surface area contributed by atoms with Gasteiger partial charge in [0.15, 0.2) is 11.5 Å². The van der Waals surface area contributed by atoms with E-state index in [0.717, 1.165) is 29.9 Å². The molecule has 2 fully saturated rings. The van der Waals surface area contributed by atoms with E-state index in [1.807, 2.05) is 64.3 Å². The molecule has 0 radical (unpaired) electrons. The summed E-state index contributed by atoms with van der Waals surface area (Å²) in [6.07, 6.45) is 9.45. The molecule has 1 aliphatic heterocycles. The summed E-state index contributed by atoms with van der Waals surface area (Å²) in [4.78, 5) is 36.4. The van der Waals surface area contributed by atoms with Crippen LogP contribution in [0.5, 0.6) is 0 Å². The second kappa shape index (κ2) is 10.5. The predicted octanol–water partition coefficient (Wildman–Crippen LogP) is 2.73. The van der Waals surface area contributed by atoms with Gasteiger partial charge in [-0.15, -0.1) is 0 Å². The Hall–Kier alpha value is -4.84. The summed E-state index contributed by atoms with van der Waals surface area (Å²) in [5.41, 5.74) is 1.67. The van der Waals surface area contributed by atoms with Gasteiger partial charge in [-0.25, -0.2) is 9.67 Å². The number of nitrogens with one attached hydrogen (secondary N) is 1. The molecular formula is C30H31N9O3. The molecule has 42 heavy (non-hydrogen) atoms. The molecule has 12 heteroatoms. The zero-order chi connectivity index (χ0) is 28.7. The fraction of sp³-hybridized carbons (Fsp3) is 0.333. The standard InChI is InChI=1S/C30H31N9O3/c40-28(21-4-5-21)36-15-11-30(42,12-16-36)19-37-20-32-27-25(29(37)41)17-33-39(27)24-8-6-22(7-9-24)34-26-10-14-38(35-26)18-23-3-1-2-13-31-23/h1-3,6-10,13-14,17,20-21,42H,4-5,11-12,15-16,18-19H2,(H,34,35). The highest BCUT2D eigenvalue weighted by Gasteiger charge is 2.39. The number of hydrogen-bond acceptors (Lipinski definition) is 8. The number of likely N-dealkylation sites (tertiary alicyclic amines) is 1. The van der Waals surface area contributed by atoms with Gasteiger partial charge in [0, 0.05) is 43.2 Å². The van der Waals surface area contributed by atoms with Crippen LogP contribution in [0.3, 0.4) is 0 Å². The molecule has 2 N–H and O–H groups in total. The molecule has 0 bridgehead atoms. The summed E-state index contributed by atoms with van der Waals surface area (Å²) in [7, 11) is 0. The number of benzene rings is 1. The zero-order valence-corrected chi connectivity index (χ0v) is 23.0. The summed E-state index contributed by atoms with van der Waals surface area (Å²) in [5, 5.41) is 23.9. The van der Waals surface area contributed by atoms with Crippen LogP contribution < -0.4 is 10.9 Å². The molecule has 2 aliphatic rings. The van der Waals surface area contributed by atoms with E-state index in [4.69, 9.17) is 0 Å². The lowest BCUT2D eigenvalue weighted by Gasteiger charge is -2.38. The van der Waals surface area contributed by atoms with E-state index >= 15 is 0 Å². The Morgan fingerprint density at radius 1 is 1.05 bits per heavy atom.